The highest BCUT2D eigenvalue weighted by molar-refractivity contribution is 5.61. The number of nitrogens with zero attached hydrogens (tertiary/aromatic N) is 3. The summed E-state index contributed by atoms with van der Waals surface area (Å²) in [5, 5.41) is 8.87. The monoisotopic (exact) mass is 341 g/mol. The molecule has 6 heteroatoms. The summed E-state index contributed by atoms with van der Waals surface area (Å²) in [4.78, 5) is 4.89. The average Bonchev–Trinajstić information content (AvgIpc) is 2.59. The van der Waals surface area contributed by atoms with Crippen LogP contribution in [0.15, 0.2) is 18.2 Å². The summed E-state index contributed by atoms with van der Waals surface area (Å²) in [6.07, 6.45) is 2.01. The molecule has 2 aromatic rings. The summed E-state index contributed by atoms with van der Waals surface area (Å²) in [5.41, 5.74) is 2.12. The van der Waals surface area contributed by atoms with Crippen molar-refractivity contribution in [3.63, 3.8) is 0 Å². The van der Waals surface area contributed by atoms with Gasteiger partial charge in [0.15, 0.2) is 17.3 Å². The molecule has 2 bridgehead atoms. The minimum absolute atomic E-state index is 0.235. The highest BCUT2D eigenvalue weighted by atomic mass is 16.5. The van der Waals surface area contributed by atoms with Gasteiger partial charge in [-0.1, -0.05) is 0 Å². The van der Waals surface area contributed by atoms with Gasteiger partial charge in [-0.15, -0.1) is 10.2 Å². The molecule has 132 valence electrons. The molecule has 1 aliphatic carbocycles. The van der Waals surface area contributed by atoms with E-state index in [2.05, 4.69) is 31.0 Å². The zero-order valence-corrected chi connectivity index (χ0v) is 15.3. The van der Waals surface area contributed by atoms with Gasteiger partial charge < -0.3 is 14.2 Å². The molecular weight excluding hydrogens is 318 g/mol. The van der Waals surface area contributed by atoms with E-state index in [0.29, 0.717) is 17.3 Å². The first kappa shape index (κ1) is 16.3. The Morgan fingerprint density at radius 2 is 1.84 bits per heavy atom. The van der Waals surface area contributed by atoms with E-state index in [4.69, 9.17) is 19.2 Å². The average molecular weight is 341 g/mol. The first-order chi connectivity index (χ1) is 11.9. The van der Waals surface area contributed by atoms with E-state index in [-0.39, 0.29) is 11.5 Å². The van der Waals surface area contributed by atoms with Crippen LogP contribution in [-0.4, -0.2) is 35.0 Å². The lowest BCUT2D eigenvalue weighted by Crippen LogP contribution is -2.52. The molecule has 3 aliphatic rings. The number of aromatic nitrogens is 3. The van der Waals surface area contributed by atoms with Gasteiger partial charge in [-0.2, -0.15) is 0 Å². The number of ether oxygens (including phenoxy) is 3. The third kappa shape index (κ3) is 2.39. The van der Waals surface area contributed by atoms with Crippen LogP contribution in [0.25, 0.3) is 11.4 Å². The second-order valence-corrected chi connectivity index (χ2v) is 7.47. The maximum absolute atomic E-state index is 6.32. The Labute approximate surface area is 147 Å². The first-order valence-electron chi connectivity index (χ1n) is 8.55. The summed E-state index contributed by atoms with van der Waals surface area (Å²) in [6, 6.07) is 5.67. The van der Waals surface area contributed by atoms with E-state index in [9.17, 15) is 0 Å². The largest absolute Gasteiger partial charge is 0.493 e. The highest BCUT2D eigenvalue weighted by Gasteiger charge is 2.54. The zero-order chi connectivity index (χ0) is 17.8. The van der Waals surface area contributed by atoms with Gasteiger partial charge in [0, 0.05) is 11.5 Å². The molecule has 0 N–H and O–H groups in total. The fraction of sp³-hybridized carbons (Fsp3) is 0.526. The summed E-state index contributed by atoms with van der Waals surface area (Å²) >= 11 is 0. The van der Waals surface area contributed by atoms with E-state index < -0.39 is 5.60 Å². The second-order valence-electron chi connectivity index (χ2n) is 7.47. The van der Waals surface area contributed by atoms with Crippen molar-refractivity contribution in [3.05, 3.63) is 29.6 Å². The van der Waals surface area contributed by atoms with Gasteiger partial charge in [-0.3, -0.25) is 0 Å². The van der Waals surface area contributed by atoms with Crippen LogP contribution in [0.5, 0.6) is 11.5 Å². The van der Waals surface area contributed by atoms with Crippen molar-refractivity contribution in [1.29, 1.82) is 0 Å². The quantitative estimate of drug-likeness (QED) is 0.852. The molecule has 25 heavy (non-hydrogen) atoms. The predicted molar refractivity (Wildman–Crippen MR) is 92.9 cm³/mol. The van der Waals surface area contributed by atoms with Gasteiger partial charge in [0.1, 0.15) is 11.3 Å². The third-order valence-electron chi connectivity index (χ3n) is 5.42. The van der Waals surface area contributed by atoms with Crippen molar-refractivity contribution >= 4 is 0 Å². The second kappa shape index (κ2) is 5.39. The lowest BCUT2D eigenvalue weighted by molar-refractivity contribution is -0.199. The predicted octanol–water partition coefficient (Wildman–Crippen LogP) is 3.46. The van der Waals surface area contributed by atoms with E-state index >= 15 is 0 Å². The van der Waals surface area contributed by atoms with Crippen LogP contribution in [0.3, 0.4) is 0 Å². The number of fused-ring (bicyclic) bond motifs is 2. The Morgan fingerprint density at radius 3 is 2.52 bits per heavy atom. The molecule has 1 saturated heterocycles. The van der Waals surface area contributed by atoms with Gasteiger partial charge in [0.2, 0.25) is 0 Å². The highest BCUT2D eigenvalue weighted by Crippen LogP contribution is 2.54. The lowest BCUT2D eigenvalue weighted by Gasteiger charge is -2.52. The van der Waals surface area contributed by atoms with Crippen LogP contribution in [0.4, 0.5) is 0 Å². The molecule has 0 amide bonds. The fourth-order valence-corrected chi connectivity index (χ4v) is 4.16. The van der Waals surface area contributed by atoms with E-state index in [1.54, 1.807) is 14.2 Å². The summed E-state index contributed by atoms with van der Waals surface area (Å²) in [7, 11) is 3.24. The summed E-state index contributed by atoms with van der Waals surface area (Å²) in [6.45, 7) is 6.36. The van der Waals surface area contributed by atoms with Gasteiger partial charge >= 0.3 is 0 Å². The van der Waals surface area contributed by atoms with Crippen molar-refractivity contribution in [2.45, 2.75) is 50.7 Å². The molecule has 2 aliphatic heterocycles. The first-order valence-corrected chi connectivity index (χ1v) is 8.55. The van der Waals surface area contributed by atoms with Crippen molar-refractivity contribution in [2.75, 3.05) is 14.2 Å². The Kier molecular flexibility index (Phi) is 3.51. The Hall–Kier alpha value is -2.21. The van der Waals surface area contributed by atoms with E-state index in [0.717, 1.165) is 29.8 Å². The number of hydrogen-bond donors (Lipinski definition) is 0. The van der Waals surface area contributed by atoms with Crippen molar-refractivity contribution in [1.82, 2.24) is 15.2 Å². The van der Waals surface area contributed by atoms with E-state index in [1.165, 1.54) is 0 Å². The Balaban J connectivity index is 1.82. The van der Waals surface area contributed by atoms with Gasteiger partial charge in [-0.05, 0) is 51.8 Å². The molecular formula is C19H23N3O3. The minimum atomic E-state index is -0.399. The smallest absolute Gasteiger partial charge is 0.182 e. The SMILES string of the molecule is COc1ccc(-c2nnc3c(n2)C2CCC3(C)OC2(C)C)cc1OC. The lowest BCUT2D eigenvalue weighted by atomic mass is 9.69. The fourth-order valence-electron chi connectivity index (χ4n) is 4.16. The van der Waals surface area contributed by atoms with Gasteiger partial charge in [0.25, 0.3) is 0 Å². The molecule has 2 atom stereocenters. The van der Waals surface area contributed by atoms with Crippen LogP contribution in [0.2, 0.25) is 0 Å². The maximum Gasteiger partial charge on any atom is 0.182 e. The molecule has 5 rings (SSSR count). The normalized spacial score (nSPS) is 26.2. The summed E-state index contributed by atoms with van der Waals surface area (Å²) < 4.78 is 17.0. The van der Waals surface area contributed by atoms with Gasteiger partial charge in [-0.25, -0.2) is 4.98 Å². The number of hydrogen-bond acceptors (Lipinski definition) is 6. The molecule has 3 heterocycles. The maximum atomic E-state index is 6.32. The van der Waals surface area contributed by atoms with Crippen LogP contribution >= 0.6 is 0 Å². The molecule has 1 fully saturated rings. The van der Waals surface area contributed by atoms with E-state index in [1.807, 2.05) is 18.2 Å². The summed E-state index contributed by atoms with van der Waals surface area (Å²) in [5.74, 6) is 2.17. The van der Waals surface area contributed by atoms with Crippen LogP contribution in [0.1, 0.15) is 50.9 Å². The Morgan fingerprint density at radius 1 is 1.08 bits per heavy atom. The third-order valence-corrected chi connectivity index (χ3v) is 5.42. The molecule has 0 spiro atoms. The number of benzene rings is 1. The van der Waals surface area contributed by atoms with Crippen LogP contribution < -0.4 is 9.47 Å². The molecule has 0 saturated carbocycles. The molecule has 0 radical (unpaired) electrons. The topological polar surface area (TPSA) is 66.4 Å². The van der Waals surface area contributed by atoms with Crippen molar-refractivity contribution in [2.24, 2.45) is 0 Å². The molecule has 1 aromatic carbocycles. The van der Waals surface area contributed by atoms with Crippen molar-refractivity contribution in [3.8, 4) is 22.9 Å². The van der Waals surface area contributed by atoms with Crippen LogP contribution in [0, 0.1) is 0 Å². The van der Waals surface area contributed by atoms with Gasteiger partial charge in [0.05, 0.1) is 25.5 Å². The Bertz CT molecular complexity index is 837. The molecule has 2 unspecified atom stereocenters. The number of rotatable bonds is 3. The molecule has 1 aromatic heterocycles. The standard InChI is InChI=1S/C19H23N3O3/c1-18(2)12-8-9-19(3,25-18)16-15(12)20-17(22-21-16)11-6-7-13(23-4)14(10-11)24-5/h6-7,10,12H,8-9H2,1-5H3. The zero-order valence-electron chi connectivity index (χ0n) is 15.3. The molecule has 6 nitrogen and oxygen atoms in total. The minimum Gasteiger partial charge on any atom is -0.493 e. The van der Waals surface area contributed by atoms with Crippen LogP contribution in [-0.2, 0) is 10.3 Å². The number of methoxy groups -OCH3 is 2. The van der Waals surface area contributed by atoms with Crippen molar-refractivity contribution < 1.29 is 14.2 Å².